The molecular weight excluding hydrogens is 364 g/mol. The van der Waals surface area contributed by atoms with Crippen LogP contribution in [0.4, 0.5) is 5.95 Å². The predicted molar refractivity (Wildman–Crippen MR) is 112 cm³/mol. The summed E-state index contributed by atoms with van der Waals surface area (Å²) in [6, 6.07) is 14.4. The highest BCUT2D eigenvalue weighted by molar-refractivity contribution is 5.57. The van der Waals surface area contributed by atoms with Gasteiger partial charge < -0.3 is 14.1 Å². The van der Waals surface area contributed by atoms with Gasteiger partial charge in [0, 0.05) is 38.0 Å². The lowest BCUT2D eigenvalue weighted by molar-refractivity contribution is 0.0500. The highest BCUT2D eigenvalue weighted by atomic mass is 16.5. The van der Waals surface area contributed by atoms with Crippen molar-refractivity contribution in [2.24, 2.45) is 0 Å². The number of fused-ring (bicyclic) bond motifs is 2. The number of hydrogen-bond acceptors (Lipinski definition) is 6. The number of aromatic nitrogens is 2. The average molecular weight is 390 g/mol. The molecule has 0 unspecified atom stereocenters. The zero-order valence-corrected chi connectivity index (χ0v) is 17.0. The summed E-state index contributed by atoms with van der Waals surface area (Å²) in [7, 11) is 3.96. The third-order valence-corrected chi connectivity index (χ3v) is 5.92. The molecule has 29 heavy (non-hydrogen) atoms. The Morgan fingerprint density at radius 1 is 1.14 bits per heavy atom. The molecule has 0 saturated carbocycles. The summed E-state index contributed by atoms with van der Waals surface area (Å²) >= 11 is 0. The van der Waals surface area contributed by atoms with E-state index in [0.29, 0.717) is 13.2 Å². The van der Waals surface area contributed by atoms with Gasteiger partial charge >= 0.3 is 0 Å². The molecule has 0 amide bonds. The number of nitrogens with zero attached hydrogens (tertiary/aromatic N) is 4. The van der Waals surface area contributed by atoms with Crippen LogP contribution in [0.1, 0.15) is 23.4 Å². The minimum Gasteiger partial charge on any atom is -0.460 e. The Labute approximate surface area is 171 Å². The molecule has 2 aliphatic heterocycles. The standard InChI is InChI=1S/C23H26N4O2/c1-26(2)22-24-12-18-14-28-16-23(21(18)25-22)10-11-27(15-23)13-19-8-9-20(29-19)17-6-4-3-5-7-17/h3-9,12H,10-11,13-16H2,1-2H3/t23-/m1/s1. The minimum absolute atomic E-state index is 0.0594. The van der Waals surface area contributed by atoms with Gasteiger partial charge in [0.15, 0.2) is 0 Å². The molecule has 6 heteroatoms. The van der Waals surface area contributed by atoms with Crippen molar-refractivity contribution in [1.29, 1.82) is 0 Å². The van der Waals surface area contributed by atoms with Crippen LogP contribution in [0.25, 0.3) is 11.3 Å². The van der Waals surface area contributed by atoms with Crippen LogP contribution in [0, 0.1) is 0 Å². The molecule has 2 aliphatic rings. The van der Waals surface area contributed by atoms with E-state index >= 15 is 0 Å². The first kappa shape index (κ1) is 18.3. The minimum atomic E-state index is -0.0594. The van der Waals surface area contributed by atoms with Crippen molar-refractivity contribution < 1.29 is 9.15 Å². The Balaban J connectivity index is 1.35. The van der Waals surface area contributed by atoms with E-state index < -0.39 is 0 Å². The van der Waals surface area contributed by atoms with Crippen molar-refractivity contribution in [2.45, 2.75) is 25.0 Å². The summed E-state index contributed by atoms with van der Waals surface area (Å²) in [6.45, 7) is 4.05. The van der Waals surface area contributed by atoms with Crippen molar-refractivity contribution in [2.75, 3.05) is 38.7 Å². The van der Waals surface area contributed by atoms with Crippen LogP contribution < -0.4 is 4.90 Å². The Morgan fingerprint density at radius 2 is 2.00 bits per heavy atom. The van der Waals surface area contributed by atoms with Gasteiger partial charge in [0.05, 0.1) is 30.9 Å². The summed E-state index contributed by atoms with van der Waals surface area (Å²) in [4.78, 5) is 13.8. The molecule has 0 aliphatic carbocycles. The second kappa shape index (κ2) is 7.28. The van der Waals surface area contributed by atoms with Gasteiger partial charge in [0.2, 0.25) is 5.95 Å². The van der Waals surface area contributed by atoms with Gasteiger partial charge in [0.25, 0.3) is 0 Å². The Hall–Kier alpha value is -2.70. The average Bonchev–Trinajstić information content (AvgIpc) is 3.37. The van der Waals surface area contributed by atoms with E-state index in [1.807, 2.05) is 43.4 Å². The second-order valence-corrected chi connectivity index (χ2v) is 8.30. The molecule has 1 fully saturated rings. The monoisotopic (exact) mass is 390 g/mol. The number of benzene rings is 1. The lowest BCUT2D eigenvalue weighted by Crippen LogP contribution is -2.40. The van der Waals surface area contributed by atoms with E-state index in [1.165, 1.54) is 0 Å². The Morgan fingerprint density at radius 3 is 2.83 bits per heavy atom. The van der Waals surface area contributed by atoms with E-state index in [4.69, 9.17) is 14.1 Å². The maximum absolute atomic E-state index is 6.12. The fourth-order valence-electron chi connectivity index (χ4n) is 4.45. The fourth-order valence-corrected chi connectivity index (χ4v) is 4.45. The molecule has 1 spiro atoms. The smallest absolute Gasteiger partial charge is 0.225 e. The Kier molecular flexibility index (Phi) is 4.60. The van der Waals surface area contributed by atoms with Gasteiger partial charge in [-0.1, -0.05) is 30.3 Å². The first-order chi connectivity index (χ1) is 14.1. The Bertz CT molecular complexity index is 1000. The van der Waals surface area contributed by atoms with E-state index in [2.05, 4.69) is 34.1 Å². The molecule has 0 N–H and O–H groups in total. The summed E-state index contributed by atoms with van der Waals surface area (Å²) in [5, 5.41) is 0. The quantitative estimate of drug-likeness (QED) is 0.680. The van der Waals surface area contributed by atoms with E-state index in [-0.39, 0.29) is 5.41 Å². The van der Waals surface area contributed by atoms with Gasteiger partial charge in [0.1, 0.15) is 11.5 Å². The topological polar surface area (TPSA) is 54.6 Å². The zero-order chi connectivity index (χ0) is 19.8. The van der Waals surface area contributed by atoms with Crippen LogP contribution >= 0.6 is 0 Å². The first-order valence-corrected chi connectivity index (χ1v) is 10.1. The van der Waals surface area contributed by atoms with Crippen LogP contribution in [0.5, 0.6) is 0 Å². The number of hydrogen-bond donors (Lipinski definition) is 0. The zero-order valence-electron chi connectivity index (χ0n) is 17.0. The predicted octanol–water partition coefficient (Wildman–Crippen LogP) is 3.48. The van der Waals surface area contributed by atoms with Crippen LogP contribution in [-0.2, 0) is 23.3 Å². The number of rotatable bonds is 4. The van der Waals surface area contributed by atoms with Gasteiger partial charge in [-0.05, 0) is 25.1 Å². The molecular formula is C23H26N4O2. The third-order valence-electron chi connectivity index (χ3n) is 5.92. The van der Waals surface area contributed by atoms with Crippen LogP contribution in [0.2, 0.25) is 0 Å². The van der Waals surface area contributed by atoms with E-state index in [9.17, 15) is 0 Å². The SMILES string of the molecule is CN(C)c1ncc2c(n1)[C@@]1(CCN(Cc3ccc(-c4ccccc4)o3)C1)COC2. The van der Waals surface area contributed by atoms with Gasteiger partial charge in [-0.25, -0.2) is 9.97 Å². The van der Waals surface area contributed by atoms with E-state index in [1.54, 1.807) is 0 Å². The van der Waals surface area contributed by atoms with E-state index in [0.717, 1.165) is 60.3 Å². The second-order valence-electron chi connectivity index (χ2n) is 8.30. The number of furan rings is 1. The van der Waals surface area contributed by atoms with Crippen molar-refractivity contribution in [1.82, 2.24) is 14.9 Å². The summed E-state index contributed by atoms with van der Waals surface area (Å²) < 4.78 is 12.1. The fraction of sp³-hybridized carbons (Fsp3) is 0.391. The summed E-state index contributed by atoms with van der Waals surface area (Å²) in [5.74, 6) is 2.68. The van der Waals surface area contributed by atoms with Crippen LogP contribution in [0.3, 0.4) is 0 Å². The maximum atomic E-state index is 6.12. The maximum Gasteiger partial charge on any atom is 0.225 e. The summed E-state index contributed by atoms with van der Waals surface area (Å²) in [6.07, 6.45) is 2.97. The normalized spacial score (nSPS) is 21.4. The van der Waals surface area contributed by atoms with Gasteiger partial charge in [-0.3, -0.25) is 4.90 Å². The number of likely N-dealkylation sites (tertiary alicyclic amines) is 1. The molecule has 4 heterocycles. The molecule has 2 aromatic heterocycles. The first-order valence-electron chi connectivity index (χ1n) is 10.1. The van der Waals surface area contributed by atoms with Crippen molar-refractivity contribution in [3.05, 3.63) is 65.7 Å². The number of anilines is 1. The highest BCUT2D eigenvalue weighted by Gasteiger charge is 2.45. The molecule has 1 saturated heterocycles. The molecule has 5 rings (SSSR count). The highest BCUT2D eigenvalue weighted by Crippen LogP contribution is 2.40. The third kappa shape index (κ3) is 3.43. The number of ether oxygens (including phenoxy) is 1. The molecule has 0 bridgehead atoms. The van der Waals surface area contributed by atoms with Crippen molar-refractivity contribution >= 4 is 5.95 Å². The molecule has 3 aromatic rings. The van der Waals surface area contributed by atoms with Crippen LogP contribution in [-0.4, -0.2) is 48.7 Å². The van der Waals surface area contributed by atoms with Crippen molar-refractivity contribution in [3.63, 3.8) is 0 Å². The molecule has 1 aromatic carbocycles. The van der Waals surface area contributed by atoms with Gasteiger partial charge in [-0.2, -0.15) is 0 Å². The van der Waals surface area contributed by atoms with Crippen LogP contribution in [0.15, 0.2) is 53.1 Å². The molecule has 150 valence electrons. The molecule has 1 atom stereocenters. The van der Waals surface area contributed by atoms with Crippen molar-refractivity contribution in [3.8, 4) is 11.3 Å². The lowest BCUT2D eigenvalue weighted by atomic mass is 9.80. The molecule has 0 radical (unpaired) electrons. The largest absolute Gasteiger partial charge is 0.460 e. The summed E-state index contributed by atoms with van der Waals surface area (Å²) in [5.41, 5.74) is 3.33. The lowest BCUT2D eigenvalue weighted by Gasteiger charge is -2.34. The van der Waals surface area contributed by atoms with Gasteiger partial charge in [-0.15, -0.1) is 0 Å². The molecule has 6 nitrogen and oxygen atoms in total.